The molecule has 1 aromatic carbocycles. The number of benzene rings is 1. The summed E-state index contributed by atoms with van der Waals surface area (Å²) in [6, 6.07) is 10.6. The largest absolute Gasteiger partial charge is 0.375 e. The van der Waals surface area contributed by atoms with Crippen LogP contribution in [0.3, 0.4) is 0 Å². The Morgan fingerprint density at radius 3 is 2.83 bits per heavy atom. The highest BCUT2D eigenvalue weighted by Gasteiger charge is 2.27. The number of amides is 1. The van der Waals surface area contributed by atoms with Crippen LogP contribution in [0.25, 0.3) is 0 Å². The van der Waals surface area contributed by atoms with E-state index in [0.717, 1.165) is 39.0 Å². The van der Waals surface area contributed by atoms with Gasteiger partial charge in [0, 0.05) is 38.8 Å². The molecule has 0 bridgehead atoms. The van der Waals surface area contributed by atoms with Crippen LogP contribution >= 0.6 is 0 Å². The van der Waals surface area contributed by atoms with Gasteiger partial charge in [0.25, 0.3) is 0 Å². The van der Waals surface area contributed by atoms with E-state index in [0.29, 0.717) is 19.6 Å². The zero-order valence-electron chi connectivity index (χ0n) is 13.7. The van der Waals surface area contributed by atoms with Crippen molar-refractivity contribution < 1.29 is 9.53 Å². The molecule has 3 rings (SSSR count). The molecule has 5 nitrogen and oxygen atoms in total. The number of piperidine rings is 1. The monoisotopic (exact) mass is 317 g/mol. The lowest BCUT2D eigenvalue weighted by Crippen LogP contribution is -2.48. The van der Waals surface area contributed by atoms with E-state index in [4.69, 9.17) is 10.5 Å². The third kappa shape index (κ3) is 4.77. The Balaban J connectivity index is 1.49. The van der Waals surface area contributed by atoms with Crippen molar-refractivity contribution in [2.24, 2.45) is 5.73 Å². The lowest BCUT2D eigenvalue weighted by Gasteiger charge is -2.35. The maximum atomic E-state index is 12.4. The summed E-state index contributed by atoms with van der Waals surface area (Å²) in [7, 11) is 0. The Labute approximate surface area is 138 Å². The van der Waals surface area contributed by atoms with Crippen LogP contribution < -0.4 is 5.73 Å². The number of carbonyl (C=O) groups excluding carboxylic acids is 1. The molecule has 0 spiro atoms. The number of carbonyl (C=O) groups is 1. The molecule has 1 aromatic rings. The van der Waals surface area contributed by atoms with Crippen molar-refractivity contribution in [1.29, 1.82) is 0 Å². The number of rotatable bonds is 4. The summed E-state index contributed by atoms with van der Waals surface area (Å²) in [4.78, 5) is 16.7. The van der Waals surface area contributed by atoms with Crippen LogP contribution in [-0.2, 0) is 16.1 Å². The summed E-state index contributed by atoms with van der Waals surface area (Å²) in [5.74, 6) is 0.187. The maximum absolute atomic E-state index is 12.4. The molecule has 0 radical (unpaired) electrons. The van der Waals surface area contributed by atoms with E-state index < -0.39 is 0 Å². The number of nitrogens with zero attached hydrogens (tertiary/aromatic N) is 2. The molecule has 5 heteroatoms. The number of ether oxygens (including phenoxy) is 1. The summed E-state index contributed by atoms with van der Waals surface area (Å²) in [6.45, 7) is 4.90. The van der Waals surface area contributed by atoms with E-state index in [1.165, 1.54) is 5.56 Å². The van der Waals surface area contributed by atoms with Crippen molar-refractivity contribution in [1.82, 2.24) is 9.80 Å². The van der Waals surface area contributed by atoms with Gasteiger partial charge in [-0.3, -0.25) is 9.69 Å². The van der Waals surface area contributed by atoms with Gasteiger partial charge in [-0.05, 0) is 18.4 Å². The first-order valence-electron chi connectivity index (χ1n) is 8.62. The predicted octanol–water partition coefficient (Wildman–Crippen LogP) is 1.23. The lowest BCUT2D eigenvalue weighted by atomic mass is 10.1. The Bertz CT molecular complexity index is 508. The summed E-state index contributed by atoms with van der Waals surface area (Å²) in [5, 5.41) is 0. The molecule has 1 amide bonds. The van der Waals surface area contributed by atoms with E-state index in [1.54, 1.807) is 0 Å². The third-order valence-electron chi connectivity index (χ3n) is 4.68. The summed E-state index contributed by atoms with van der Waals surface area (Å²) < 4.78 is 5.81. The standard InChI is InChI=1S/C18H27N3O2/c19-16-7-4-8-21(13-16)18(22)11-17-14-20(9-10-23-17)12-15-5-2-1-3-6-15/h1-3,5-6,16-17H,4,7-14,19H2. The highest BCUT2D eigenvalue weighted by atomic mass is 16.5. The molecule has 2 saturated heterocycles. The molecule has 0 aromatic heterocycles. The minimum absolute atomic E-state index is 0.00175. The van der Waals surface area contributed by atoms with Gasteiger partial charge >= 0.3 is 0 Å². The van der Waals surface area contributed by atoms with Gasteiger partial charge in [0.05, 0.1) is 19.1 Å². The SMILES string of the molecule is NC1CCCN(C(=O)CC2CN(Cc3ccccc3)CCO2)C1. The molecule has 2 aliphatic heterocycles. The molecule has 2 fully saturated rings. The summed E-state index contributed by atoms with van der Waals surface area (Å²) in [6.07, 6.45) is 2.50. The molecule has 2 heterocycles. The van der Waals surface area contributed by atoms with Crippen molar-refractivity contribution in [3.8, 4) is 0 Å². The minimum Gasteiger partial charge on any atom is -0.375 e. The van der Waals surface area contributed by atoms with E-state index in [9.17, 15) is 4.79 Å². The zero-order valence-corrected chi connectivity index (χ0v) is 13.7. The number of morpholine rings is 1. The fourth-order valence-corrected chi connectivity index (χ4v) is 3.45. The van der Waals surface area contributed by atoms with Gasteiger partial charge in [0.15, 0.2) is 0 Å². The molecule has 23 heavy (non-hydrogen) atoms. The topological polar surface area (TPSA) is 58.8 Å². The molecular formula is C18H27N3O2. The van der Waals surface area contributed by atoms with E-state index in [-0.39, 0.29) is 18.1 Å². The normalized spacial score (nSPS) is 26.2. The number of hydrogen-bond acceptors (Lipinski definition) is 4. The zero-order chi connectivity index (χ0) is 16.1. The quantitative estimate of drug-likeness (QED) is 0.907. The Morgan fingerprint density at radius 1 is 1.22 bits per heavy atom. The second-order valence-corrected chi connectivity index (χ2v) is 6.66. The van der Waals surface area contributed by atoms with Gasteiger partial charge in [-0.2, -0.15) is 0 Å². The van der Waals surface area contributed by atoms with Crippen LogP contribution in [0.5, 0.6) is 0 Å². The van der Waals surface area contributed by atoms with Crippen molar-refractivity contribution in [2.75, 3.05) is 32.8 Å². The fraction of sp³-hybridized carbons (Fsp3) is 0.611. The fourth-order valence-electron chi connectivity index (χ4n) is 3.45. The minimum atomic E-state index is -0.00175. The highest BCUT2D eigenvalue weighted by molar-refractivity contribution is 5.76. The maximum Gasteiger partial charge on any atom is 0.225 e. The van der Waals surface area contributed by atoms with Crippen LogP contribution in [0.1, 0.15) is 24.8 Å². The Morgan fingerprint density at radius 2 is 2.04 bits per heavy atom. The smallest absolute Gasteiger partial charge is 0.225 e. The first-order chi connectivity index (χ1) is 11.2. The van der Waals surface area contributed by atoms with Crippen LogP contribution in [0.4, 0.5) is 0 Å². The van der Waals surface area contributed by atoms with Gasteiger partial charge in [0.1, 0.15) is 0 Å². The van der Waals surface area contributed by atoms with E-state index >= 15 is 0 Å². The molecular weight excluding hydrogens is 290 g/mol. The van der Waals surface area contributed by atoms with E-state index in [1.807, 2.05) is 11.0 Å². The Hall–Kier alpha value is -1.43. The van der Waals surface area contributed by atoms with Crippen molar-refractivity contribution >= 4 is 5.91 Å². The van der Waals surface area contributed by atoms with Crippen LogP contribution in [0.2, 0.25) is 0 Å². The average molecular weight is 317 g/mol. The number of hydrogen-bond donors (Lipinski definition) is 1. The van der Waals surface area contributed by atoms with Crippen LogP contribution in [0.15, 0.2) is 30.3 Å². The predicted molar refractivity (Wildman–Crippen MR) is 89.9 cm³/mol. The number of likely N-dealkylation sites (tertiary alicyclic amines) is 1. The average Bonchev–Trinajstić information content (AvgIpc) is 2.56. The second kappa shape index (κ2) is 7.90. The molecule has 2 unspecified atom stereocenters. The third-order valence-corrected chi connectivity index (χ3v) is 4.68. The molecule has 126 valence electrons. The molecule has 0 aliphatic carbocycles. The van der Waals surface area contributed by atoms with Crippen molar-refractivity contribution in [3.05, 3.63) is 35.9 Å². The lowest BCUT2D eigenvalue weighted by molar-refractivity contribution is -0.137. The summed E-state index contributed by atoms with van der Waals surface area (Å²) >= 11 is 0. The molecule has 2 atom stereocenters. The van der Waals surface area contributed by atoms with E-state index in [2.05, 4.69) is 29.2 Å². The van der Waals surface area contributed by atoms with Gasteiger partial charge in [-0.25, -0.2) is 0 Å². The van der Waals surface area contributed by atoms with Gasteiger partial charge in [-0.1, -0.05) is 30.3 Å². The molecule has 0 saturated carbocycles. The Kier molecular flexibility index (Phi) is 5.65. The van der Waals surface area contributed by atoms with Gasteiger partial charge in [0.2, 0.25) is 5.91 Å². The van der Waals surface area contributed by atoms with Crippen molar-refractivity contribution in [3.63, 3.8) is 0 Å². The first-order valence-corrected chi connectivity index (χ1v) is 8.62. The second-order valence-electron chi connectivity index (χ2n) is 6.66. The van der Waals surface area contributed by atoms with Gasteiger partial charge in [-0.15, -0.1) is 0 Å². The first kappa shape index (κ1) is 16.4. The molecule has 2 N–H and O–H groups in total. The van der Waals surface area contributed by atoms with Crippen molar-refractivity contribution in [2.45, 2.75) is 38.0 Å². The molecule has 2 aliphatic rings. The van der Waals surface area contributed by atoms with Crippen LogP contribution in [0, 0.1) is 0 Å². The highest BCUT2D eigenvalue weighted by Crippen LogP contribution is 2.15. The summed E-state index contributed by atoms with van der Waals surface area (Å²) in [5.41, 5.74) is 7.28. The van der Waals surface area contributed by atoms with Crippen LogP contribution in [-0.4, -0.2) is 60.6 Å². The van der Waals surface area contributed by atoms with Gasteiger partial charge < -0.3 is 15.4 Å². The number of nitrogens with two attached hydrogens (primary N) is 1.